The normalized spacial score (nSPS) is 26.4. The Labute approximate surface area is 84.3 Å². The van der Waals surface area contributed by atoms with Gasteiger partial charge in [-0.3, -0.25) is 4.79 Å². The molecule has 0 spiro atoms. The van der Waals surface area contributed by atoms with Crippen LogP contribution >= 0.6 is 0 Å². The number of fused-ring (bicyclic) bond motifs is 1. The van der Waals surface area contributed by atoms with Crippen LogP contribution in [-0.4, -0.2) is 23.9 Å². The Hall–Kier alpha value is -1.25. The Kier molecular flexibility index (Phi) is 2.57. The molecule has 0 aliphatic carbocycles. The summed E-state index contributed by atoms with van der Waals surface area (Å²) in [4.78, 5) is 13.5. The van der Waals surface area contributed by atoms with Gasteiger partial charge in [-0.1, -0.05) is 12.2 Å². The summed E-state index contributed by atoms with van der Waals surface area (Å²) in [5, 5.41) is 0. The average molecular weight is 192 g/mol. The predicted molar refractivity (Wildman–Crippen MR) is 55.3 cm³/mol. The summed E-state index contributed by atoms with van der Waals surface area (Å²) in [7, 11) is 0. The van der Waals surface area contributed by atoms with Crippen molar-refractivity contribution in [1.29, 1.82) is 0 Å². The highest BCUT2D eigenvalue weighted by Crippen LogP contribution is 2.28. The molecule has 1 saturated heterocycles. The highest BCUT2D eigenvalue weighted by Gasteiger charge is 2.28. The van der Waals surface area contributed by atoms with E-state index in [1.165, 1.54) is 0 Å². The Morgan fingerprint density at radius 1 is 1.50 bits per heavy atom. The van der Waals surface area contributed by atoms with Gasteiger partial charge in [-0.25, -0.2) is 0 Å². The van der Waals surface area contributed by atoms with E-state index in [1.807, 2.05) is 12.2 Å². The van der Waals surface area contributed by atoms with Gasteiger partial charge in [0.15, 0.2) is 0 Å². The molecule has 2 N–H and O–H groups in total. The lowest BCUT2D eigenvalue weighted by atomic mass is 9.93. The molecule has 1 fully saturated rings. The Bertz CT molecular complexity index is 294. The monoisotopic (exact) mass is 192 g/mol. The maximum Gasteiger partial charge on any atom is 0.226 e. The van der Waals surface area contributed by atoms with Gasteiger partial charge in [-0.05, 0) is 25.3 Å². The first-order chi connectivity index (χ1) is 6.79. The highest BCUT2D eigenvalue weighted by molar-refractivity contribution is 5.79. The van der Waals surface area contributed by atoms with Gasteiger partial charge >= 0.3 is 0 Å². The molecule has 2 heterocycles. The van der Waals surface area contributed by atoms with Crippen molar-refractivity contribution in [3.8, 4) is 0 Å². The van der Waals surface area contributed by atoms with Crippen LogP contribution in [0.3, 0.4) is 0 Å². The molecule has 0 bridgehead atoms. The zero-order valence-electron chi connectivity index (χ0n) is 8.28. The number of rotatable bonds is 1. The highest BCUT2D eigenvalue weighted by atomic mass is 16.1. The van der Waals surface area contributed by atoms with E-state index in [9.17, 15) is 4.79 Å². The third-order valence-corrected chi connectivity index (χ3v) is 2.96. The lowest BCUT2D eigenvalue weighted by molar-refractivity contribution is -0.121. The van der Waals surface area contributed by atoms with Crippen molar-refractivity contribution in [3.63, 3.8) is 0 Å². The van der Waals surface area contributed by atoms with Crippen molar-refractivity contribution in [2.24, 2.45) is 11.7 Å². The smallest absolute Gasteiger partial charge is 0.226 e. The van der Waals surface area contributed by atoms with Gasteiger partial charge in [0.25, 0.3) is 0 Å². The fraction of sp³-hybridized carbons (Fsp3) is 0.545. The van der Waals surface area contributed by atoms with Crippen molar-refractivity contribution >= 4 is 5.91 Å². The number of primary amides is 1. The lowest BCUT2D eigenvalue weighted by Gasteiger charge is -2.35. The molecule has 76 valence electrons. The molecule has 2 aliphatic heterocycles. The number of hydrogen-bond acceptors (Lipinski definition) is 2. The van der Waals surface area contributed by atoms with Crippen LogP contribution in [0.15, 0.2) is 23.9 Å². The molecule has 1 atom stereocenters. The van der Waals surface area contributed by atoms with Crippen LogP contribution in [0.4, 0.5) is 0 Å². The van der Waals surface area contributed by atoms with Crippen LogP contribution in [0.1, 0.15) is 19.3 Å². The van der Waals surface area contributed by atoms with Gasteiger partial charge in [0, 0.05) is 18.8 Å². The molecule has 1 amide bonds. The predicted octanol–water partition coefficient (Wildman–Crippen LogP) is 1.03. The van der Waals surface area contributed by atoms with E-state index in [0.29, 0.717) is 0 Å². The van der Waals surface area contributed by atoms with Crippen LogP contribution in [0.2, 0.25) is 0 Å². The zero-order chi connectivity index (χ0) is 9.97. The second kappa shape index (κ2) is 3.86. The molecule has 1 unspecified atom stereocenters. The molecule has 0 saturated carbocycles. The second-order valence-corrected chi connectivity index (χ2v) is 3.89. The van der Waals surface area contributed by atoms with Gasteiger partial charge in [0.2, 0.25) is 5.91 Å². The van der Waals surface area contributed by atoms with E-state index < -0.39 is 0 Å². The third kappa shape index (κ3) is 1.67. The van der Waals surface area contributed by atoms with Crippen molar-refractivity contribution in [2.75, 3.05) is 13.1 Å². The number of piperidine rings is 1. The minimum absolute atomic E-state index is 0.0634. The van der Waals surface area contributed by atoms with E-state index >= 15 is 0 Å². The summed E-state index contributed by atoms with van der Waals surface area (Å²) in [6.45, 7) is 2.09. The number of nitrogens with zero attached hydrogens (tertiary/aromatic N) is 1. The van der Waals surface area contributed by atoms with Crippen LogP contribution in [0.5, 0.6) is 0 Å². The number of allylic oxidation sites excluding steroid dienone is 2. The first-order valence-corrected chi connectivity index (χ1v) is 5.20. The zero-order valence-corrected chi connectivity index (χ0v) is 8.28. The Morgan fingerprint density at radius 2 is 2.36 bits per heavy atom. The molecule has 0 radical (unpaired) electrons. The summed E-state index contributed by atoms with van der Waals surface area (Å²) in [6, 6.07) is 0. The fourth-order valence-electron chi connectivity index (χ4n) is 2.23. The molecule has 0 aromatic carbocycles. The van der Waals surface area contributed by atoms with Gasteiger partial charge in [0.1, 0.15) is 0 Å². The molecule has 2 rings (SSSR count). The van der Waals surface area contributed by atoms with Gasteiger partial charge < -0.3 is 10.6 Å². The minimum atomic E-state index is -0.184. The summed E-state index contributed by atoms with van der Waals surface area (Å²) in [5.74, 6) is -0.247. The average Bonchev–Trinajstić information content (AvgIpc) is 2.41. The van der Waals surface area contributed by atoms with E-state index in [0.717, 1.165) is 38.0 Å². The topological polar surface area (TPSA) is 46.3 Å². The Morgan fingerprint density at radius 3 is 3.14 bits per heavy atom. The molecule has 3 nitrogen and oxygen atoms in total. The fourth-order valence-corrected chi connectivity index (χ4v) is 2.23. The number of amides is 1. The number of carbonyl (C=O) groups is 1. The third-order valence-electron chi connectivity index (χ3n) is 2.96. The van der Waals surface area contributed by atoms with Crippen molar-refractivity contribution in [3.05, 3.63) is 23.9 Å². The first-order valence-electron chi connectivity index (χ1n) is 5.20. The summed E-state index contributed by atoms with van der Waals surface area (Å²) >= 11 is 0. The van der Waals surface area contributed by atoms with Crippen LogP contribution in [0, 0.1) is 5.92 Å². The summed E-state index contributed by atoms with van der Waals surface area (Å²) in [6.07, 6.45) is 9.27. The minimum Gasteiger partial charge on any atom is -0.374 e. The van der Waals surface area contributed by atoms with E-state index in [4.69, 9.17) is 5.73 Å². The maximum atomic E-state index is 11.3. The summed E-state index contributed by atoms with van der Waals surface area (Å²) < 4.78 is 0. The molecule has 14 heavy (non-hydrogen) atoms. The first kappa shape index (κ1) is 9.31. The summed E-state index contributed by atoms with van der Waals surface area (Å²) in [5.41, 5.74) is 6.52. The standard InChI is InChI=1S/C11H16N2O/c12-11(14)9-5-4-8-13-7-3-1-2-6-10(9)13/h1-2,6,9H,3-5,7-8H2,(H2,12,14). The largest absolute Gasteiger partial charge is 0.374 e. The Balaban J connectivity index is 2.23. The molecule has 0 aromatic heterocycles. The van der Waals surface area contributed by atoms with E-state index in [2.05, 4.69) is 11.0 Å². The molecular weight excluding hydrogens is 176 g/mol. The lowest BCUT2D eigenvalue weighted by Crippen LogP contribution is -2.39. The van der Waals surface area contributed by atoms with Gasteiger partial charge in [-0.2, -0.15) is 0 Å². The van der Waals surface area contributed by atoms with Crippen LogP contribution in [-0.2, 0) is 4.79 Å². The van der Waals surface area contributed by atoms with Crippen LogP contribution in [0.25, 0.3) is 0 Å². The van der Waals surface area contributed by atoms with Crippen molar-refractivity contribution < 1.29 is 4.79 Å². The molecule has 0 aromatic rings. The second-order valence-electron chi connectivity index (χ2n) is 3.89. The number of hydrogen-bond donors (Lipinski definition) is 1. The van der Waals surface area contributed by atoms with E-state index in [1.54, 1.807) is 0 Å². The SMILES string of the molecule is NC(=O)C1CCCN2CCC=CC=C12. The molecular formula is C11H16N2O. The number of nitrogens with two attached hydrogens (primary N) is 1. The van der Waals surface area contributed by atoms with Crippen molar-refractivity contribution in [2.45, 2.75) is 19.3 Å². The van der Waals surface area contributed by atoms with Gasteiger partial charge in [-0.15, -0.1) is 0 Å². The molecule has 2 aliphatic rings. The molecule has 3 heteroatoms. The van der Waals surface area contributed by atoms with Crippen molar-refractivity contribution in [1.82, 2.24) is 4.90 Å². The van der Waals surface area contributed by atoms with Crippen LogP contribution < -0.4 is 5.73 Å². The van der Waals surface area contributed by atoms with Gasteiger partial charge in [0.05, 0.1) is 5.92 Å². The quantitative estimate of drug-likeness (QED) is 0.674. The maximum absolute atomic E-state index is 11.3. The number of carbonyl (C=O) groups excluding carboxylic acids is 1. The van der Waals surface area contributed by atoms with E-state index in [-0.39, 0.29) is 11.8 Å².